The molecule has 0 spiro atoms. The molecule has 53 valence electrons. The van der Waals surface area contributed by atoms with E-state index >= 15 is 0 Å². The number of benzene rings is 1. The number of hydrogen-bond acceptors (Lipinski definition) is 0. The normalized spacial score (nSPS) is 9.90. The molecular weight excluding hydrogens is 151 g/mol. The Morgan fingerprint density at radius 1 is 1.50 bits per heavy atom. The van der Waals surface area contributed by atoms with Gasteiger partial charge in [0.05, 0.1) is 5.02 Å². The van der Waals surface area contributed by atoms with Crippen molar-refractivity contribution in [3.8, 4) is 0 Å². The third-order valence-corrected chi connectivity index (χ3v) is 1.72. The van der Waals surface area contributed by atoms with Gasteiger partial charge in [-0.15, -0.1) is 0 Å². The summed E-state index contributed by atoms with van der Waals surface area (Å²) in [5.74, 6) is -0.372. The van der Waals surface area contributed by atoms with E-state index in [0.29, 0.717) is 6.42 Å². The van der Waals surface area contributed by atoms with Gasteiger partial charge in [0.25, 0.3) is 0 Å². The van der Waals surface area contributed by atoms with Crippen molar-refractivity contribution in [2.45, 2.75) is 6.42 Å². The summed E-state index contributed by atoms with van der Waals surface area (Å²) in [7, 11) is 0. The minimum absolute atomic E-state index is 0.192. The molecule has 0 nitrogen and oxygen atoms in total. The predicted molar refractivity (Wildman–Crippen MR) is 40.5 cm³/mol. The van der Waals surface area contributed by atoms with Crippen molar-refractivity contribution in [1.82, 2.24) is 0 Å². The monoisotopic (exact) mass is 157 g/mol. The molecule has 0 bridgehead atoms. The first kappa shape index (κ1) is 7.55. The topological polar surface area (TPSA) is 0 Å². The second-order valence-electron chi connectivity index (χ2n) is 1.96. The molecule has 0 N–H and O–H groups in total. The Kier molecular flexibility index (Phi) is 2.28. The molecule has 0 heterocycles. The molecule has 0 aliphatic heterocycles. The fourth-order valence-corrected chi connectivity index (χ4v) is 0.962. The molecule has 0 unspecified atom stereocenters. The Bertz CT molecular complexity index is 233. The fraction of sp³-hybridized carbons (Fsp3) is 0.125. The van der Waals surface area contributed by atoms with Crippen molar-refractivity contribution in [2.24, 2.45) is 0 Å². The van der Waals surface area contributed by atoms with E-state index in [0.717, 1.165) is 5.56 Å². The fourth-order valence-electron chi connectivity index (χ4n) is 0.742. The van der Waals surface area contributed by atoms with Crippen molar-refractivity contribution in [3.05, 3.63) is 41.5 Å². The molecular formula is C8H7ClF. The highest BCUT2D eigenvalue weighted by molar-refractivity contribution is 6.31. The molecule has 0 aliphatic carbocycles. The highest BCUT2D eigenvalue weighted by Crippen LogP contribution is 2.19. The Morgan fingerprint density at radius 3 is 2.70 bits per heavy atom. The SMILES string of the molecule is [CH2]Cc1cccc(F)c1Cl. The van der Waals surface area contributed by atoms with Crippen LogP contribution in [-0.4, -0.2) is 0 Å². The zero-order valence-corrected chi connectivity index (χ0v) is 6.16. The lowest BCUT2D eigenvalue weighted by Gasteiger charge is -1.99. The minimum Gasteiger partial charge on any atom is -0.205 e. The van der Waals surface area contributed by atoms with Crippen LogP contribution < -0.4 is 0 Å². The van der Waals surface area contributed by atoms with Gasteiger partial charge in [-0.1, -0.05) is 23.7 Å². The van der Waals surface area contributed by atoms with Gasteiger partial charge >= 0.3 is 0 Å². The molecule has 2 heteroatoms. The lowest BCUT2D eigenvalue weighted by molar-refractivity contribution is 0.626. The van der Waals surface area contributed by atoms with Gasteiger partial charge < -0.3 is 0 Å². The Balaban J connectivity index is 3.14. The summed E-state index contributed by atoms with van der Waals surface area (Å²) in [5, 5.41) is 0.192. The van der Waals surface area contributed by atoms with Gasteiger partial charge in [-0.25, -0.2) is 4.39 Å². The van der Waals surface area contributed by atoms with Crippen molar-refractivity contribution < 1.29 is 4.39 Å². The van der Waals surface area contributed by atoms with E-state index in [2.05, 4.69) is 6.92 Å². The third-order valence-electron chi connectivity index (χ3n) is 1.30. The average Bonchev–Trinajstić information content (AvgIpc) is 1.95. The molecule has 0 fully saturated rings. The van der Waals surface area contributed by atoms with E-state index in [4.69, 9.17) is 11.6 Å². The summed E-state index contributed by atoms with van der Waals surface area (Å²) >= 11 is 5.58. The quantitative estimate of drug-likeness (QED) is 0.588. The van der Waals surface area contributed by atoms with Crippen LogP contribution in [0.25, 0.3) is 0 Å². The van der Waals surface area contributed by atoms with Crippen LogP contribution in [0, 0.1) is 12.7 Å². The van der Waals surface area contributed by atoms with E-state index in [1.165, 1.54) is 6.07 Å². The summed E-state index contributed by atoms with van der Waals surface area (Å²) < 4.78 is 12.6. The second-order valence-corrected chi connectivity index (χ2v) is 2.34. The van der Waals surface area contributed by atoms with E-state index in [1.807, 2.05) is 0 Å². The summed E-state index contributed by atoms with van der Waals surface area (Å²) in [5.41, 5.74) is 0.752. The van der Waals surface area contributed by atoms with Gasteiger partial charge in [0.2, 0.25) is 0 Å². The summed E-state index contributed by atoms with van der Waals surface area (Å²) in [6, 6.07) is 4.72. The maximum Gasteiger partial charge on any atom is 0.142 e. The van der Waals surface area contributed by atoms with Crippen LogP contribution in [0.4, 0.5) is 4.39 Å². The second kappa shape index (κ2) is 3.02. The van der Waals surface area contributed by atoms with Gasteiger partial charge in [-0.3, -0.25) is 0 Å². The first-order valence-corrected chi connectivity index (χ1v) is 3.35. The maximum atomic E-state index is 12.6. The molecule has 10 heavy (non-hydrogen) atoms. The molecule has 0 aromatic heterocycles. The molecule has 0 aliphatic rings. The molecule has 0 atom stereocenters. The number of halogens is 2. The highest BCUT2D eigenvalue weighted by Gasteiger charge is 2.01. The zero-order valence-electron chi connectivity index (χ0n) is 5.40. The van der Waals surface area contributed by atoms with Crippen molar-refractivity contribution in [3.63, 3.8) is 0 Å². The van der Waals surface area contributed by atoms with Crippen LogP contribution >= 0.6 is 11.6 Å². The lowest BCUT2D eigenvalue weighted by atomic mass is 10.2. The lowest BCUT2D eigenvalue weighted by Crippen LogP contribution is -1.84. The van der Waals surface area contributed by atoms with Crippen molar-refractivity contribution >= 4 is 11.6 Å². The van der Waals surface area contributed by atoms with Crippen LogP contribution in [0.3, 0.4) is 0 Å². The zero-order chi connectivity index (χ0) is 7.56. The van der Waals surface area contributed by atoms with Crippen molar-refractivity contribution in [1.29, 1.82) is 0 Å². The van der Waals surface area contributed by atoms with Crippen molar-refractivity contribution in [2.75, 3.05) is 0 Å². The highest BCUT2D eigenvalue weighted by atomic mass is 35.5. The summed E-state index contributed by atoms with van der Waals surface area (Å²) in [4.78, 5) is 0. The maximum absolute atomic E-state index is 12.6. The van der Waals surface area contributed by atoms with E-state index in [1.54, 1.807) is 12.1 Å². The summed E-state index contributed by atoms with van der Waals surface area (Å²) in [6.45, 7) is 3.61. The standard InChI is InChI=1S/C8H7ClF/c1-2-6-4-3-5-7(10)8(6)9/h3-5H,1-2H2. The Labute approximate surface area is 64.6 Å². The Morgan fingerprint density at radius 2 is 2.20 bits per heavy atom. The first-order chi connectivity index (χ1) is 4.75. The van der Waals surface area contributed by atoms with Gasteiger partial charge in [0.15, 0.2) is 0 Å². The van der Waals surface area contributed by atoms with Crippen LogP contribution in [-0.2, 0) is 6.42 Å². The van der Waals surface area contributed by atoms with E-state index < -0.39 is 0 Å². The molecule has 0 saturated heterocycles. The van der Waals surface area contributed by atoms with E-state index in [-0.39, 0.29) is 10.8 Å². The van der Waals surface area contributed by atoms with Gasteiger partial charge in [0, 0.05) is 0 Å². The van der Waals surface area contributed by atoms with Gasteiger partial charge in [-0.05, 0) is 25.0 Å². The summed E-state index contributed by atoms with van der Waals surface area (Å²) in [6.07, 6.45) is 0.524. The largest absolute Gasteiger partial charge is 0.205 e. The van der Waals surface area contributed by atoms with Crippen LogP contribution in [0.1, 0.15) is 5.56 Å². The molecule has 1 aromatic carbocycles. The van der Waals surface area contributed by atoms with Crippen LogP contribution in [0.5, 0.6) is 0 Å². The first-order valence-electron chi connectivity index (χ1n) is 2.98. The molecule has 1 radical (unpaired) electrons. The van der Waals surface area contributed by atoms with Gasteiger partial charge in [0.1, 0.15) is 5.82 Å². The van der Waals surface area contributed by atoms with Gasteiger partial charge in [-0.2, -0.15) is 0 Å². The predicted octanol–water partition coefficient (Wildman–Crippen LogP) is 2.86. The Hall–Kier alpha value is -0.560. The van der Waals surface area contributed by atoms with Crippen LogP contribution in [0.15, 0.2) is 18.2 Å². The van der Waals surface area contributed by atoms with E-state index in [9.17, 15) is 4.39 Å². The number of hydrogen-bond donors (Lipinski definition) is 0. The molecule has 1 rings (SSSR count). The van der Waals surface area contributed by atoms with Crippen LogP contribution in [0.2, 0.25) is 5.02 Å². The average molecular weight is 158 g/mol. The third kappa shape index (κ3) is 1.29. The number of rotatable bonds is 1. The molecule has 0 saturated carbocycles. The molecule has 1 aromatic rings. The smallest absolute Gasteiger partial charge is 0.142 e. The minimum atomic E-state index is -0.372. The molecule has 0 amide bonds.